The average Bonchev–Trinajstić information content (AvgIpc) is 2.71. The Balaban J connectivity index is 2.28. The summed E-state index contributed by atoms with van der Waals surface area (Å²) in [4.78, 5) is 24.5. The zero-order valence-corrected chi connectivity index (χ0v) is 18.5. The van der Waals surface area contributed by atoms with Crippen molar-refractivity contribution >= 4 is 25.6 Å². The summed E-state index contributed by atoms with van der Waals surface area (Å²) >= 11 is 0. The van der Waals surface area contributed by atoms with E-state index in [0.29, 0.717) is 11.1 Å². The van der Waals surface area contributed by atoms with Gasteiger partial charge in [-0.1, -0.05) is 19.1 Å². The van der Waals surface area contributed by atoms with Gasteiger partial charge in [0.1, 0.15) is 0 Å². The minimum Gasteiger partial charge on any atom is -0.315 e. The minimum absolute atomic E-state index is 0.0108. The molecule has 0 saturated carbocycles. The van der Waals surface area contributed by atoms with E-state index in [9.17, 15) is 26.4 Å². The van der Waals surface area contributed by atoms with E-state index in [2.05, 4.69) is 0 Å². The number of pyridine rings is 1. The molecule has 1 atom stereocenters. The molecule has 2 N–H and O–H groups in total. The van der Waals surface area contributed by atoms with E-state index in [0.717, 1.165) is 6.26 Å². The number of aromatic nitrogens is 1. The van der Waals surface area contributed by atoms with Gasteiger partial charge in [0.25, 0.3) is 11.5 Å². The van der Waals surface area contributed by atoms with Crippen molar-refractivity contribution in [3.8, 4) is 11.1 Å². The van der Waals surface area contributed by atoms with Crippen LogP contribution in [-0.4, -0.2) is 49.3 Å². The second-order valence-electron chi connectivity index (χ2n) is 7.07. The minimum atomic E-state index is -3.86. The molecule has 0 fully saturated rings. The SMILES string of the molecule is CCS(=O)(=O)c1ccc(-c2ccn(CCC(C)(C(=O)NO)S(C)(=O)=O)c(=O)c2)cc1. The summed E-state index contributed by atoms with van der Waals surface area (Å²) < 4.78 is 47.2. The molecule has 0 aliphatic rings. The van der Waals surface area contributed by atoms with Gasteiger partial charge in [-0.3, -0.25) is 14.8 Å². The topological polar surface area (TPSA) is 140 Å². The van der Waals surface area contributed by atoms with Crippen molar-refractivity contribution in [2.45, 2.75) is 36.5 Å². The van der Waals surface area contributed by atoms with Gasteiger partial charge in [-0.05, 0) is 42.7 Å². The van der Waals surface area contributed by atoms with Crippen LogP contribution in [0.25, 0.3) is 11.1 Å². The lowest BCUT2D eigenvalue weighted by molar-refractivity contribution is -0.131. The summed E-state index contributed by atoms with van der Waals surface area (Å²) in [5.74, 6) is -1.08. The highest BCUT2D eigenvalue weighted by Gasteiger charge is 2.43. The Bertz CT molecular complexity index is 1200. The molecule has 2 aromatic rings. The van der Waals surface area contributed by atoms with E-state index in [1.807, 2.05) is 0 Å². The highest BCUT2D eigenvalue weighted by atomic mass is 32.2. The zero-order valence-electron chi connectivity index (χ0n) is 16.8. The van der Waals surface area contributed by atoms with Crippen LogP contribution in [0.2, 0.25) is 0 Å². The number of amides is 1. The van der Waals surface area contributed by atoms with Crippen molar-refractivity contribution < 1.29 is 26.8 Å². The molecule has 11 heteroatoms. The molecular formula is C19H24N2O7S2. The van der Waals surface area contributed by atoms with E-state index in [1.54, 1.807) is 25.1 Å². The zero-order chi connectivity index (χ0) is 22.7. The lowest BCUT2D eigenvalue weighted by atomic mass is 10.1. The Morgan fingerprint density at radius 1 is 1.10 bits per heavy atom. The van der Waals surface area contributed by atoms with Crippen LogP contribution < -0.4 is 11.0 Å². The van der Waals surface area contributed by atoms with Crippen LogP contribution in [0.4, 0.5) is 0 Å². The normalized spacial score (nSPS) is 14.1. The van der Waals surface area contributed by atoms with Crippen molar-refractivity contribution in [3.05, 3.63) is 52.9 Å². The fourth-order valence-corrected chi connectivity index (χ4v) is 4.54. The van der Waals surface area contributed by atoms with Crippen molar-refractivity contribution in [1.82, 2.24) is 10.0 Å². The quantitative estimate of drug-likeness (QED) is 0.446. The summed E-state index contributed by atoms with van der Waals surface area (Å²) in [5.41, 5.74) is 2.16. The molecule has 1 aromatic heterocycles. The first-order valence-electron chi connectivity index (χ1n) is 9.03. The first-order valence-corrected chi connectivity index (χ1v) is 12.6. The van der Waals surface area contributed by atoms with E-state index >= 15 is 0 Å². The number of hydrogen-bond acceptors (Lipinski definition) is 7. The Hall–Kier alpha value is -2.50. The Kier molecular flexibility index (Phi) is 6.90. The number of carbonyl (C=O) groups excluding carboxylic acids is 1. The van der Waals surface area contributed by atoms with Gasteiger partial charge >= 0.3 is 0 Å². The fraction of sp³-hybridized carbons (Fsp3) is 0.368. The first kappa shape index (κ1) is 23.8. The summed E-state index contributed by atoms with van der Waals surface area (Å²) in [6.45, 7) is 2.67. The molecule has 9 nitrogen and oxygen atoms in total. The number of hydrogen-bond donors (Lipinski definition) is 2. The fourth-order valence-electron chi connectivity index (χ4n) is 2.81. The number of nitrogens with zero attached hydrogens (tertiary/aromatic N) is 1. The number of benzene rings is 1. The van der Waals surface area contributed by atoms with E-state index in [1.165, 1.54) is 41.4 Å². The molecule has 0 saturated heterocycles. The van der Waals surface area contributed by atoms with Gasteiger partial charge in [-0.15, -0.1) is 0 Å². The van der Waals surface area contributed by atoms with Crippen LogP contribution in [-0.2, 0) is 31.0 Å². The van der Waals surface area contributed by atoms with Crippen LogP contribution in [0.1, 0.15) is 20.3 Å². The third-order valence-corrected chi connectivity index (χ3v) is 8.93. The summed E-state index contributed by atoms with van der Waals surface area (Å²) in [6, 6.07) is 9.14. The smallest absolute Gasteiger partial charge is 0.264 e. The average molecular weight is 457 g/mol. The molecule has 0 aliphatic heterocycles. The number of sulfone groups is 2. The van der Waals surface area contributed by atoms with Crippen LogP contribution >= 0.6 is 0 Å². The molecule has 1 unspecified atom stereocenters. The Labute approximate surface area is 175 Å². The van der Waals surface area contributed by atoms with Gasteiger partial charge in [0, 0.05) is 25.1 Å². The summed E-state index contributed by atoms with van der Waals surface area (Å²) in [7, 11) is -7.19. The lowest BCUT2D eigenvalue weighted by Gasteiger charge is -2.25. The van der Waals surface area contributed by atoms with Crippen LogP contribution in [0.5, 0.6) is 0 Å². The molecule has 0 radical (unpaired) electrons. The highest BCUT2D eigenvalue weighted by molar-refractivity contribution is 7.92. The number of rotatable bonds is 8. The van der Waals surface area contributed by atoms with Crippen molar-refractivity contribution in [2.24, 2.45) is 0 Å². The van der Waals surface area contributed by atoms with Crippen molar-refractivity contribution in [1.29, 1.82) is 0 Å². The molecule has 1 heterocycles. The largest absolute Gasteiger partial charge is 0.315 e. The van der Waals surface area contributed by atoms with Gasteiger partial charge in [-0.2, -0.15) is 0 Å². The van der Waals surface area contributed by atoms with Gasteiger partial charge in [0.05, 0.1) is 10.6 Å². The molecule has 0 aliphatic carbocycles. The van der Waals surface area contributed by atoms with Gasteiger partial charge in [-0.25, -0.2) is 22.3 Å². The molecule has 1 amide bonds. The summed E-state index contributed by atoms with van der Waals surface area (Å²) in [6.07, 6.45) is 2.13. The number of carbonyl (C=O) groups is 1. The van der Waals surface area contributed by atoms with E-state index < -0.39 is 35.9 Å². The Morgan fingerprint density at radius 3 is 2.17 bits per heavy atom. The lowest BCUT2D eigenvalue weighted by Crippen LogP contribution is -2.49. The van der Waals surface area contributed by atoms with E-state index in [-0.39, 0.29) is 23.6 Å². The number of hydroxylamine groups is 1. The van der Waals surface area contributed by atoms with Gasteiger partial charge < -0.3 is 4.57 Å². The van der Waals surface area contributed by atoms with Crippen LogP contribution in [0.3, 0.4) is 0 Å². The standard InChI is InChI=1S/C19H24N2O7S2/c1-4-30(27,28)16-7-5-14(6-8-16)15-9-11-21(17(22)13-15)12-10-19(2,18(23)20-24)29(3,25)26/h5-9,11,13,24H,4,10,12H2,1-3H3,(H,20,23). The molecule has 2 rings (SSSR count). The van der Waals surface area contributed by atoms with Gasteiger partial charge in [0.2, 0.25) is 0 Å². The molecule has 30 heavy (non-hydrogen) atoms. The second-order valence-corrected chi connectivity index (χ2v) is 11.8. The van der Waals surface area contributed by atoms with Crippen molar-refractivity contribution in [3.63, 3.8) is 0 Å². The highest BCUT2D eigenvalue weighted by Crippen LogP contribution is 2.23. The predicted octanol–water partition coefficient (Wildman–Crippen LogP) is 1.01. The van der Waals surface area contributed by atoms with Crippen LogP contribution in [0.15, 0.2) is 52.3 Å². The third-order valence-electron chi connectivity index (χ3n) is 5.15. The molecule has 0 bridgehead atoms. The van der Waals surface area contributed by atoms with Crippen LogP contribution in [0, 0.1) is 0 Å². The number of nitrogens with one attached hydrogen (secondary N) is 1. The monoisotopic (exact) mass is 456 g/mol. The van der Waals surface area contributed by atoms with E-state index in [4.69, 9.17) is 5.21 Å². The molecular weight excluding hydrogens is 432 g/mol. The van der Waals surface area contributed by atoms with Gasteiger partial charge in [0.15, 0.2) is 24.4 Å². The molecule has 164 valence electrons. The molecule has 0 spiro atoms. The molecule has 1 aromatic carbocycles. The summed E-state index contributed by atoms with van der Waals surface area (Å²) in [5, 5.41) is 8.86. The maximum absolute atomic E-state index is 12.5. The first-order chi connectivity index (χ1) is 13.9. The maximum Gasteiger partial charge on any atom is 0.264 e. The predicted molar refractivity (Wildman–Crippen MR) is 112 cm³/mol. The second kappa shape index (κ2) is 8.70. The third kappa shape index (κ3) is 4.79. The van der Waals surface area contributed by atoms with Crippen molar-refractivity contribution in [2.75, 3.05) is 12.0 Å². The maximum atomic E-state index is 12.5. The Morgan fingerprint density at radius 2 is 1.70 bits per heavy atom. The number of aryl methyl sites for hydroxylation is 1.